The molecule has 0 heterocycles. The molecule has 1 atom stereocenters. The van der Waals surface area contributed by atoms with E-state index in [1.165, 1.54) is 12.1 Å². The third kappa shape index (κ3) is 3.33. The lowest BCUT2D eigenvalue weighted by Gasteiger charge is -2.12. The molecule has 1 unspecified atom stereocenters. The number of aliphatic hydroxyl groups is 1. The first-order valence-corrected chi connectivity index (χ1v) is 6.68. The average Bonchev–Trinajstić information content (AvgIpc) is 2.34. The van der Waals surface area contributed by atoms with Crippen molar-refractivity contribution in [2.45, 2.75) is 20.0 Å². The summed E-state index contributed by atoms with van der Waals surface area (Å²) < 4.78 is 19.5. The van der Waals surface area contributed by atoms with Crippen molar-refractivity contribution in [3.8, 4) is 11.5 Å². The first-order chi connectivity index (χ1) is 8.97. The van der Waals surface area contributed by atoms with Gasteiger partial charge in [0.2, 0.25) is 0 Å². The topological polar surface area (TPSA) is 29.5 Å². The molecule has 100 valence electrons. The molecule has 19 heavy (non-hydrogen) atoms. The standard InChI is InChI=1S/C15H14BrFO2/c1-9-7-12(17)4-6-14(9)19-15-5-3-11(10(2)18)8-13(15)16/h3-8,10,18H,1-2H3. The van der Waals surface area contributed by atoms with Gasteiger partial charge in [-0.15, -0.1) is 0 Å². The van der Waals surface area contributed by atoms with Crippen LogP contribution in [0.5, 0.6) is 11.5 Å². The van der Waals surface area contributed by atoms with Crippen LogP contribution in [0.15, 0.2) is 40.9 Å². The number of benzene rings is 2. The molecular formula is C15H14BrFO2. The quantitative estimate of drug-likeness (QED) is 0.883. The molecule has 0 saturated heterocycles. The average molecular weight is 325 g/mol. The van der Waals surface area contributed by atoms with Crippen LogP contribution in [0.2, 0.25) is 0 Å². The normalized spacial score (nSPS) is 12.3. The number of hydrogen-bond donors (Lipinski definition) is 1. The highest BCUT2D eigenvalue weighted by atomic mass is 79.9. The minimum atomic E-state index is -0.530. The Morgan fingerprint density at radius 1 is 1.16 bits per heavy atom. The second-order valence-electron chi connectivity index (χ2n) is 4.38. The predicted octanol–water partition coefficient (Wildman–Crippen LogP) is 4.74. The number of aryl methyl sites for hydroxylation is 1. The summed E-state index contributed by atoms with van der Waals surface area (Å²) in [4.78, 5) is 0. The molecule has 0 aliphatic carbocycles. The Balaban J connectivity index is 2.28. The van der Waals surface area contributed by atoms with Crippen molar-refractivity contribution in [2.24, 2.45) is 0 Å². The van der Waals surface area contributed by atoms with Gasteiger partial charge in [0, 0.05) is 0 Å². The first-order valence-electron chi connectivity index (χ1n) is 5.89. The largest absolute Gasteiger partial charge is 0.456 e. The molecule has 0 saturated carbocycles. The molecule has 0 spiro atoms. The van der Waals surface area contributed by atoms with Crippen LogP contribution in [-0.2, 0) is 0 Å². The number of ether oxygens (including phenoxy) is 1. The van der Waals surface area contributed by atoms with Crippen molar-refractivity contribution in [1.29, 1.82) is 0 Å². The third-order valence-electron chi connectivity index (χ3n) is 2.80. The van der Waals surface area contributed by atoms with E-state index in [2.05, 4.69) is 15.9 Å². The first kappa shape index (κ1) is 14.0. The number of aliphatic hydroxyl groups excluding tert-OH is 1. The fraction of sp³-hybridized carbons (Fsp3) is 0.200. The van der Waals surface area contributed by atoms with E-state index in [-0.39, 0.29) is 5.82 Å². The summed E-state index contributed by atoms with van der Waals surface area (Å²) in [6.45, 7) is 3.49. The molecule has 2 aromatic carbocycles. The van der Waals surface area contributed by atoms with Crippen LogP contribution in [0.4, 0.5) is 4.39 Å². The molecular weight excluding hydrogens is 311 g/mol. The molecule has 0 fully saturated rings. The summed E-state index contributed by atoms with van der Waals surface area (Å²) in [7, 11) is 0. The van der Waals surface area contributed by atoms with E-state index in [9.17, 15) is 9.50 Å². The van der Waals surface area contributed by atoms with E-state index in [4.69, 9.17) is 4.74 Å². The number of halogens is 2. The van der Waals surface area contributed by atoms with Crippen molar-refractivity contribution in [3.63, 3.8) is 0 Å². The molecule has 0 amide bonds. The second kappa shape index (κ2) is 5.72. The summed E-state index contributed by atoms with van der Waals surface area (Å²) in [5.41, 5.74) is 1.53. The smallest absolute Gasteiger partial charge is 0.141 e. The zero-order valence-electron chi connectivity index (χ0n) is 10.7. The zero-order chi connectivity index (χ0) is 14.0. The maximum absolute atomic E-state index is 13.0. The maximum Gasteiger partial charge on any atom is 0.141 e. The number of hydrogen-bond acceptors (Lipinski definition) is 2. The van der Waals surface area contributed by atoms with Gasteiger partial charge in [0.15, 0.2) is 0 Å². The van der Waals surface area contributed by atoms with Gasteiger partial charge in [0.1, 0.15) is 17.3 Å². The third-order valence-corrected chi connectivity index (χ3v) is 3.41. The van der Waals surface area contributed by atoms with Crippen molar-refractivity contribution >= 4 is 15.9 Å². The molecule has 0 aliphatic rings. The van der Waals surface area contributed by atoms with Gasteiger partial charge in [-0.05, 0) is 71.2 Å². The van der Waals surface area contributed by atoms with Gasteiger partial charge < -0.3 is 9.84 Å². The predicted molar refractivity (Wildman–Crippen MR) is 76.0 cm³/mol. The zero-order valence-corrected chi connectivity index (χ0v) is 12.2. The lowest BCUT2D eigenvalue weighted by Crippen LogP contribution is -1.93. The van der Waals surface area contributed by atoms with E-state index in [1.54, 1.807) is 38.1 Å². The molecule has 4 heteroatoms. The number of rotatable bonds is 3. The molecule has 1 N–H and O–H groups in total. The Morgan fingerprint density at radius 3 is 2.42 bits per heavy atom. The van der Waals surface area contributed by atoms with Crippen LogP contribution < -0.4 is 4.74 Å². The van der Waals surface area contributed by atoms with E-state index in [1.807, 2.05) is 0 Å². The van der Waals surface area contributed by atoms with Crippen LogP contribution in [-0.4, -0.2) is 5.11 Å². The Bertz CT molecular complexity index is 597. The lowest BCUT2D eigenvalue weighted by molar-refractivity contribution is 0.199. The maximum atomic E-state index is 13.0. The summed E-state index contributed by atoms with van der Waals surface area (Å²) >= 11 is 3.40. The van der Waals surface area contributed by atoms with Crippen LogP contribution in [0.3, 0.4) is 0 Å². The van der Waals surface area contributed by atoms with Crippen LogP contribution in [0, 0.1) is 12.7 Å². The minimum Gasteiger partial charge on any atom is -0.456 e. The molecule has 0 aliphatic heterocycles. The minimum absolute atomic E-state index is 0.284. The van der Waals surface area contributed by atoms with Gasteiger partial charge in [-0.25, -0.2) is 4.39 Å². The van der Waals surface area contributed by atoms with E-state index < -0.39 is 6.10 Å². The second-order valence-corrected chi connectivity index (χ2v) is 5.23. The lowest BCUT2D eigenvalue weighted by atomic mass is 10.1. The van der Waals surface area contributed by atoms with Crippen molar-refractivity contribution < 1.29 is 14.2 Å². The van der Waals surface area contributed by atoms with E-state index >= 15 is 0 Å². The monoisotopic (exact) mass is 324 g/mol. The highest BCUT2D eigenvalue weighted by molar-refractivity contribution is 9.10. The van der Waals surface area contributed by atoms with Gasteiger partial charge in [-0.3, -0.25) is 0 Å². The Labute approximate surface area is 120 Å². The molecule has 2 aromatic rings. The van der Waals surface area contributed by atoms with Crippen molar-refractivity contribution in [3.05, 3.63) is 57.8 Å². The fourth-order valence-corrected chi connectivity index (χ4v) is 2.18. The Kier molecular flexibility index (Phi) is 4.22. The summed E-state index contributed by atoms with van der Waals surface area (Å²) in [5, 5.41) is 9.50. The van der Waals surface area contributed by atoms with Gasteiger partial charge in [-0.2, -0.15) is 0 Å². The summed E-state index contributed by atoms with van der Waals surface area (Å²) in [6.07, 6.45) is -0.530. The van der Waals surface area contributed by atoms with E-state index in [0.717, 1.165) is 15.6 Å². The fourth-order valence-electron chi connectivity index (χ4n) is 1.71. The van der Waals surface area contributed by atoms with Crippen LogP contribution in [0.25, 0.3) is 0 Å². The summed E-state index contributed by atoms with van der Waals surface area (Å²) in [6, 6.07) is 9.75. The van der Waals surface area contributed by atoms with Gasteiger partial charge in [0.05, 0.1) is 10.6 Å². The Morgan fingerprint density at radius 2 is 1.84 bits per heavy atom. The molecule has 2 rings (SSSR count). The molecule has 2 nitrogen and oxygen atoms in total. The summed E-state index contributed by atoms with van der Waals surface area (Å²) in [5.74, 6) is 0.944. The van der Waals surface area contributed by atoms with Crippen LogP contribution in [0.1, 0.15) is 24.2 Å². The molecule has 0 aromatic heterocycles. The van der Waals surface area contributed by atoms with Gasteiger partial charge >= 0.3 is 0 Å². The van der Waals surface area contributed by atoms with E-state index in [0.29, 0.717) is 11.5 Å². The molecule has 0 bridgehead atoms. The SMILES string of the molecule is Cc1cc(F)ccc1Oc1ccc(C(C)O)cc1Br. The highest BCUT2D eigenvalue weighted by Gasteiger charge is 2.09. The van der Waals surface area contributed by atoms with Crippen LogP contribution >= 0.6 is 15.9 Å². The van der Waals surface area contributed by atoms with Crippen molar-refractivity contribution in [2.75, 3.05) is 0 Å². The van der Waals surface area contributed by atoms with Gasteiger partial charge in [-0.1, -0.05) is 6.07 Å². The van der Waals surface area contributed by atoms with Gasteiger partial charge in [0.25, 0.3) is 0 Å². The molecule has 0 radical (unpaired) electrons. The Hall–Kier alpha value is -1.39. The highest BCUT2D eigenvalue weighted by Crippen LogP contribution is 2.33. The van der Waals surface area contributed by atoms with Crippen molar-refractivity contribution in [1.82, 2.24) is 0 Å².